The van der Waals surface area contributed by atoms with Crippen LogP contribution in [0.1, 0.15) is 17.4 Å². The van der Waals surface area contributed by atoms with E-state index in [1.54, 1.807) is 6.92 Å². The Balaban J connectivity index is 1.99. The highest BCUT2D eigenvalue weighted by molar-refractivity contribution is 5.34. The minimum atomic E-state index is 0.470. The van der Waals surface area contributed by atoms with Crippen molar-refractivity contribution in [1.29, 1.82) is 0 Å². The fourth-order valence-corrected chi connectivity index (χ4v) is 1.13. The van der Waals surface area contributed by atoms with Gasteiger partial charge in [0.2, 0.25) is 5.89 Å². The van der Waals surface area contributed by atoms with Crippen LogP contribution >= 0.6 is 0 Å². The molecule has 0 bridgehead atoms. The number of aryl methyl sites for hydroxylation is 2. The van der Waals surface area contributed by atoms with Gasteiger partial charge in [-0.3, -0.25) is 0 Å². The van der Waals surface area contributed by atoms with Crippen LogP contribution in [-0.2, 0) is 6.54 Å². The SMILES string of the molecule is Cc1cc(NCc2nc(C)no2)ncn1. The summed E-state index contributed by atoms with van der Waals surface area (Å²) in [4.78, 5) is 12.1. The van der Waals surface area contributed by atoms with Crippen LogP contribution in [0, 0.1) is 13.8 Å². The maximum Gasteiger partial charge on any atom is 0.245 e. The van der Waals surface area contributed by atoms with Crippen LogP contribution in [0.2, 0.25) is 0 Å². The normalized spacial score (nSPS) is 10.3. The van der Waals surface area contributed by atoms with Gasteiger partial charge in [-0.1, -0.05) is 5.16 Å². The molecule has 0 aliphatic heterocycles. The molecule has 0 unspecified atom stereocenters. The quantitative estimate of drug-likeness (QED) is 0.808. The molecule has 15 heavy (non-hydrogen) atoms. The molecule has 2 rings (SSSR count). The largest absolute Gasteiger partial charge is 0.361 e. The summed E-state index contributed by atoms with van der Waals surface area (Å²) in [6, 6.07) is 1.85. The highest BCUT2D eigenvalue weighted by Crippen LogP contribution is 2.05. The summed E-state index contributed by atoms with van der Waals surface area (Å²) in [7, 11) is 0. The molecule has 0 aliphatic rings. The Morgan fingerprint density at radius 3 is 2.87 bits per heavy atom. The Kier molecular flexibility index (Phi) is 2.57. The van der Waals surface area contributed by atoms with Crippen LogP contribution in [0.25, 0.3) is 0 Å². The van der Waals surface area contributed by atoms with E-state index in [1.807, 2.05) is 13.0 Å². The molecule has 6 heteroatoms. The molecule has 78 valence electrons. The molecule has 0 amide bonds. The standard InChI is InChI=1S/C9H11N5O/c1-6-3-8(12-5-11-6)10-4-9-13-7(2)14-15-9/h3,5H,4H2,1-2H3,(H,10,11,12). The minimum Gasteiger partial charge on any atom is -0.361 e. The summed E-state index contributed by atoms with van der Waals surface area (Å²) in [5, 5.41) is 6.76. The highest BCUT2D eigenvalue weighted by atomic mass is 16.5. The van der Waals surface area contributed by atoms with E-state index >= 15 is 0 Å². The van der Waals surface area contributed by atoms with Gasteiger partial charge in [0.05, 0.1) is 6.54 Å². The first-order valence-electron chi connectivity index (χ1n) is 4.56. The maximum absolute atomic E-state index is 4.95. The highest BCUT2D eigenvalue weighted by Gasteiger charge is 2.02. The van der Waals surface area contributed by atoms with Gasteiger partial charge in [-0.05, 0) is 13.8 Å². The first-order valence-corrected chi connectivity index (χ1v) is 4.56. The van der Waals surface area contributed by atoms with Crippen molar-refractivity contribution < 1.29 is 4.52 Å². The van der Waals surface area contributed by atoms with Crippen LogP contribution in [0.4, 0.5) is 5.82 Å². The van der Waals surface area contributed by atoms with E-state index in [0.717, 1.165) is 11.5 Å². The van der Waals surface area contributed by atoms with Gasteiger partial charge in [0, 0.05) is 11.8 Å². The summed E-state index contributed by atoms with van der Waals surface area (Å²) < 4.78 is 4.95. The molecule has 0 saturated heterocycles. The lowest BCUT2D eigenvalue weighted by atomic mass is 10.4. The minimum absolute atomic E-state index is 0.470. The fourth-order valence-electron chi connectivity index (χ4n) is 1.13. The lowest BCUT2D eigenvalue weighted by Gasteiger charge is -2.01. The van der Waals surface area contributed by atoms with Crippen LogP contribution in [0.5, 0.6) is 0 Å². The lowest BCUT2D eigenvalue weighted by molar-refractivity contribution is 0.379. The monoisotopic (exact) mass is 205 g/mol. The van der Waals surface area contributed by atoms with Gasteiger partial charge in [-0.2, -0.15) is 4.98 Å². The number of hydrogen-bond donors (Lipinski definition) is 1. The van der Waals surface area contributed by atoms with Crippen molar-refractivity contribution in [2.24, 2.45) is 0 Å². The number of hydrogen-bond acceptors (Lipinski definition) is 6. The van der Waals surface area contributed by atoms with Crippen molar-refractivity contribution >= 4 is 5.82 Å². The number of nitrogens with zero attached hydrogens (tertiary/aromatic N) is 4. The third-order valence-corrected chi connectivity index (χ3v) is 1.79. The summed E-state index contributed by atoms with van der Waals surface area (Å²) in [5.74, 6) is 1.92. The Morgan fingerprint density at radius 2 is 2.20 bits per heavy atom. The van der Waals surface area contributed by atoms with Gasteiger partial charge in [-0.15, -0.1) is 0 Å². The zero-order valence-electron chi connectivity index (χ0n) is 8.56. The Labute approximate surface area is 86.8 Å². The molecule has 0 aliphatic carbocycles. The van der Waals surface area contributed by atoms with E-state index in [0.29, 0.717) is 18.3 Å². The zero-order valence-corrected chi connectivity index (χ0v) is 8.56. The molecular formula is C9H11N5O. The average Bonchev–Trinajstić information content (AvgIpc) is 2.62. The van der Waals surface area contributed by atoms with E-state index in [9.17, 15) is 0 Å². The molecule has 1 N–H and O–H groups in total. The number of anilines is 1. The topological polar surface area (TPSA) is 76.7 Å². The van der Waals surface area contributed by atoms with E-state index < -0.39 is 0 Å². The van der Waals surface area contributed by atoms with Crippen molar-refractivity contribution in [3.63, 3.8) is 0 Å². The van der Waals surface area contributed by atoms with E-state index in [2.05, 4.69) is 25.4 Å². The Bertz CT molecular complexity index is 453. The zero-order chi connectivity index (χ0) is 10.7. The molecule has 6 nitrogen and oxygen atoms in total. The van der Waals surface area contributed by atoms with Gasteiger partial charge in [0.15, 0.2) is 5.82 Å². The Morgan fingerprint density at radius 1 is 1.33 bits per heavy atom. The second-order valence-electron chi connectivity index (χ2n) is 3.13. The second kappa shape index (κ2) is 4.04. The third-order valence-electron chi connectivity index (χ3n) is 1.79. The molecule has 0 spiro atoms. The van der Waals surface area contributed by atoms with Crippen LogP contribution in [0.15, 0.2) is 16.9 Å². The summed E-state index contributed by atoms with van der Waals surface area (Å²) in [6.07, 6.45) is 1.51. The predicted octanol–water partition coefficient (Wildman–Crippen LogP) is 1.09. The van der Waals surface area contributed by atoms with Crippen molar-refractivity contribution in [2.75, 3.05) is 5.32 Å². The molecule has 2 heterocycles. The summed E-state index contributed by atoms with van der Waals surface area (Å²) in [6.45, 7) is 4.16. The molecule has 0 aromatic carbocycles. The first-order chi connectivity index (χ1) is 7.24. The Hall–Kier alpha value is -1.98. The van der Waals surface area contributed by atoms with E-state index in [-0.39, 0.29) is 0 Å². The smallest absolute Gasteiger partial charge is 0.245 e. The summed E-state index contributed by atoms with van der Waals surface area (Å²) in [5.41, 5.74) is 0.911. The molecule has 0 saturated carbocycles. The third kappa shape index (κ3) is 2.49. The average molecular weight is 205 g/mol. The second-order valence-corrected chi connectivity index (χ2v) is 3.13. The molecule has 0 fully saturated rings. The maximum atomic E-state index is 4.95. The van der Waals surface area contributed by atoms with Crippen LogP contribution in [-0.4, -0.2) is 20.1 Å². The van der Waals surface area contributed by atoms with Crippen molar-refractivity contribution in [2.45, 2.75) is 20.4 Å². The summed E-state index contributed by atoms with van der Waals surface area (Å²) >= 11 is 0. The van der Waals surface area contributed by atoms with Gasteiger partial charge >= 0.3 is 0 Å². The lowest BCUT2D eigenvalue weighted by Crippen LogP contribution is -2.02. The number of nitrogens with one attached hydrogen (secondary N) is 1. The predicted molar refractivity (Wildman–Crippen MR) is 53.1 cm³/mol. The molecule has 2 aromatic rings. The fraction of sp³-hybridized carbons (Fsp3) is 0.333. The van der Waals surface area contributed by atoms with E-state index in [1.165, 1.54) is 6.33 Å². The molecule has 2 aromatic heterocycles. The van der Waals surface area contributed by atoms with Crippen molar-refractivity contribution in [3.8, 4) is 0 Å². The van der Waals surface area contributed by atoms with Gasteiger partial charge < -0.3 is 9.84 Å². The molecule has 0 radical (unpaired) electrons. The van der Waals surface area contributed by atoms with Gasteiger partial charge in [0.1, 0.15) is 12.1 Å². The van der Waals surface area contributed by atoms with Crippen LogP contribution < -0.4 is 5.32 Å². The van der Waals surface area contributed by atoms with E-state index in [4.69, 9.17) is 4.52 Å². The number of rotatable bonds is 3. The molecule has 0 atom stereocenters. The first kappa shape index (κ1) is 9.57. The van der Waals surface area contributed by atoms with Crippen LogP contribution in [0.3, 0.4) is 0 Å². The van der Waals surface area contributed by atoms with Crippen molar-refractivity contribution in [3.05, 3.63) is 29.8 Å². The van der Waals surface area contributed by atoms with Gasteiger partial charge in [-0.25, -0.2) is 9.97 Å². The molecular weight excluding hydrogens is 194 g/mol. The van der Waals surface area contributed by atoms with Crippen molar-refractivity contribution in [1.82, 2.24) is 20.1 Å². The van der Waals surface area contributed by atoms with Gasteiger partial charge in [0.25, 0.3) is 0 Å². The number of aromatic nitrogens is 4.